The van der Waals surface area contributed by atoms with Gasteiger partial charge in [-0.05, 0) is 18.6 Å². The Hall–Kier alpha value is -1.82. The maximum Gasteiger partial charge on any atom is 0.171 e. The number of nitrogens with one attached hydrogen (secondary N) is 1. The van der Waals surface area contributed by atoms with E-state index in [-0.39, 0.29) is 0 Å². The average Bonchev–Trinajstić information content (AvgIpc) is 2.74. The molecule has 2 heterocycles. The summed E-state index contributed by atoms with van der Waals surface area (Å²) in [5.74, 6) is 0.658. The fourth-order valence-electron chi connectivity index (χ4n) is 0.951. The number of hydrogen-bond acceptors (Lipinski definition) is 6. The molecule has 76 valence electrons. The highest BCUT2D eigenvalue weighted by Crippen LogP contribution is 2.07. The summed E-state index contributed by atoms with van der Waals surface area (Å²) in [5, 5.41) is 14.4. The maximum absolute atomic E-state index is 4.06. The third kappa shape index (κ3) is 2.57. The van der Waals surface area contributed by atoms with Crippen LogP contribution in [0.3, 0.4) is 0 Å². The number of nitrogens with zero attached hydrogens (tertiary/aromatic N) is 4. The molecule has 0 aliphatic carbocycles. The van der Waals surface area contributed by atoms with Crippen molar-refractivity contribution in [2.45, 2.75) is 6.92 Å². The number of aryl methyl sites for hydroxylation is 1. The lowest BCUT2D eigenvalue weighted by atomic mass is 10.3. The molecule has 5 nitrogen and oxygen atoms in total. The summed E-state index contributed by atoms with van der Waals surface area (Å²) in [5.41, 5.74) is 3.81. The van der Waals surface area contributed by atoms with E-state index in [2.05, 4.69) is 25.7 Å². The van der Waals surface area contributed by atoms with Crippen molar-refractivity contribution in [2.75, 3.05) is 5.43 Å². The molecule has 0 spiro atoms. The van der Waals surface area contributed by atoms with E-state index in [0.717, 1.165) is 10.6 Å². The molecule has 0 radical (unpaired) electrons. The summed E-state index contributed by atoms with van der Waals surface area (Å²) in [7, 11) is 0. The van der Waals surface area contributed by atoms with Crippen LogP contribution >= 0.6 is 11.3 Å². The first-order valence-corrected chi connectivity index (χ1v) is 5.21. The lowest BCUT2D eigenvalue weighted by Crippen LogP contribution is -1.97. The molecule has 2 rings (SSSR count). The van der Waals surface area contributed by atoms with E-state index in [1.54, 1.807) is 18.6 Å². The van der Waals surface area contributed by atoms with Gasteiger partial charge in [-0.3, -0.25) is 5.43 Å². The number of rotatable bonds is 3. The first kappa shape index (κ1) is 9.72. The maximum atomic E-state index is 4.06. The van der Waals surface area contributed by atoms with Crippen LogP contribution in [0.5, 0.6) is 0 Å². The van der Waals surface area contributed by atoms with Gasteiger partial charge in [-0.2, -0.15) is 10.2 Å². The first-order valence-electron chi connectivity index (χ1n) is 4.33. The predicted molar refractivity (Wildman–Crippen MR) is 60.1 cm³/mol. The molecule has 0 aromatic carbocycles. The standard InChI is InChI=1S/C9H9N5S/c1-7-2-3-11-13-9(7)14-12-6-8-10-4-5-15-8/h2-6H,1H3,(H,13,14)/b12-6+. The molecule has 15 heavy (non-hydrogen) atoms. The molecule has 0 aliphatic heterocycles. The minimum Gasteiger partial charge on any atom is -0.260 e. The second kappa shape index (κ2) is 4.61. The molecular weight excluding hydrogens is 210 g/mol. The number of hydrazone groups is 1. The van der Waals surface area contributed by atoms with Gasteiger partial charge in [0.25, 0.3) is 0 Å². The second-order valence-corrected chi connectivity index (χ2v) is 3.73. The van der Waals surface area contributed by atoms with E-state index in [1.807, 2.05) is 18.4 Å². The fourth-order valence-corrected chi connectivity index (χ4v) is 1.45. The summed E-state index contributed by atoms with van der Waals surface area (Å²) in [6.07, 6.45) is 5.03. The van der Waals surface area contributed by atoms with Crippen LogP contribution in [0, 0.1) is 6.92 Å². The Bertz CT molecular complexity index is 451. The molecule has 2 aromatic rings. The lowest BCUT2D eigenvalue weighted by Gasteiger charge is -1.99. The molecule has 0 aliphatic rings. The monoisotopic (exact) mass is 219 g/mol. The third-order valence-electron chi connectivity index (χ3n) is 1.72. The number of aromatic nitrogens is 3. The van der Waals surface area contributed by atoms with E-state index in [1.165, 1.54) is 11.3 Å². The molecule has 6 heteroatoms. The third-order valence-corrected chi connectivity index (χ3v) is 2.43. The van der Waals surface area contributed by atoms with Gasteiger partial charge in [-0.1, -0.05) is 0 Å². The molecule has 1 N–H and O–H groups in total. The van der Waals surface area contributed by atoms with Gasteiger partial charge in [0, 0.05) is 11.6 Å². The van der Waals surface area contributed by atoms with Gasteiger partial charge in [-0.15, -0.1) is 16.4 Å². The molecule has 0 unspecified atom stereocenters. The van der Waals surface area contributed by atoms with Crippen molar-refractivity contribution < 1.29 is 0 Å². The summed E-state index contributed by atoms with van der Waals surface area (Å²) in [4.78, 5) is 4.06. The van der Waals surface area contributed by atoms with Crippen molar-refractivity contribution in [1.29, 1.82) is 0 Å². The molecule has 0 fully saturated rings. The Morgan fingerprint density at radius 1 is 1.47 bits per heavy atom. The van der Waals surface area contributed by atoms with Crippen molar-refractivity contribution in [2.24, 2.45) is 5.10 Å². The number of hydrogen-bond donors (Lipinski definition) is 1. The first-order chi connectivity index (χ1) is 7.36. The van der Waals surface area contributed by atoms with Crippen LogP contribution in [0.4, 0.5) is 5.82 Å². The Morgan fingerprint density at radius 3 is 3.13 bits per heavy atom. The Kier molecular flexibility index (Phi) is 2.99. The summed E-state index contributed by atoms with van der Waals surface area (Å²) in [6, 6.07) is 1.87. The van der Waals surface area contributed by atoms with Gasteiger partial charge < -0.3 is 0 Å². The van der Waals surface area contributed by atoms with Gasteiger partial charge in [0.05, 0.1) is 12.4 Å². The number of thiazole rings is 1. The predicted octanol–water partition coefficient (Wildman–Crippen LogP) is 1.69. The zero-order valence-electron chi connectivity index (χ0n) is 8.08. The summed E-state index contributed by atoms with van der Waals surface area (Å²) >= 11 is 1.53. The minimum absolute atomic E-state index is 0.658. The highest BCUT2D eigenvalue weighted by molar-refractivity contribution is 7.11. The molecule has 0 saturated heterocycles. The lowest BCUT2D eigenvalue weighted by molar-refractivity contribution is 1.01. The van der Waals surface area contributed by atoms with Crippen LogP contribution in [0.15, 0.2) is 28.9 Å². The smallest absolute Gasteiger partial charge is 0.171 e. The molecule has 2 aromatic heterocycles. The van der Waals surface area contributed by atoms with Crippen LogP contribution in [0.25, 0.3) is 0 Å². The van der Waals surface area contributed by atoms with E-state index in [9.17, 15) is 0 Å². The molecule has 0 amide bonds. The van der Waals surface area contributed by atoms with Crippen molar-refractivity contribution in [1.82, 2.24) is 15.2 Å². The molecular formula is C9H9N5S. The zero-order chi connectivity index (χ0) is 10.5. The molecule has 0 saturated carbocycles. The van der Waals surface area contributed by atoms with Crippen LogP contribution in [0.2, 0.25) is 0 Å². The van der Waals surface area contributed by atoms with Gasteiger partial charge in [0.2, 0.25) is 0 Å². The van der Waals surface area contributed by atoms with Gasteiger partial charge >= 0.3 is 0 Å². The van der Waals surface area contributed by atoms with Crippen molar-refractivity contribution in [3.05, 3.63) is 34.4 Å². The molecule has 0 atom stereocenters. The largest absolute Gasteiger partial charge is 0.260 e. The van der Waals surface area contributed by atoms with Gasteiger partial charge in [0.15, 0.2) is 5.82 Å². The van der Waals surface area contributed by atoms with Crippen LogP contribution in [-0.2, 0) is 0 Å². The Labute approximate surface area is 90.9 Å². The van der Waals surface area contributed by atoms with Crippen LogP contribution in [0.1, 0.15) is 10.6 Å². The second-order valence-electron chi connectivity index (χ2n) is 2.80. The topological polar surface area (TPSA) is 63.1 Å². The highest BCUT2D eigenvalue weighted by Gasteiger charge is 1.95. The average molecular weight is 219 g/mol. The SMILES string of the molecule is Cc1ccnnc1N/N=C/c1nccs1. The quantitative estimate of drug-likeness (QED) is 0.630. The minimum atomic E-state index is 0.658. The normalized spacial score (nSPS) is 10.7. The van der Waals surface area contributed by atoms with Crippen LogP contribution < -0.4 is 5.43 Å². The van der Waals surface area contributed by atoms with Crippen molar-refractivity contribution in [3.8, 4) is 0 Å². The van der Waals surface area contributed by atoms with E-state index >= 15 is 0 Å². The van der Waals surface area contributed by atoms with E-state index < -0.39 is 0 Å². The van der Waals surface area contributed by atoms with E-state index in [4.69, 9.17) is 0 Å². The Morgan fingerprint density at radius 2 is 2.40 bits per heavy atom. The summed E-state index contributed by atoms with van der Waals surface area (Å²) in [6.45, 7) is 1.94. The fraction of sp³-hybridized carbons (Fsp3) is 0.111. The van der Waals surface area contributed by atoms with Gasteiger partial charge in [0.1, 0.15) is 5.01 Å². The highest BCUT2D eigenvalue weighted by atomic mass is 32.1. The number of anilines is 1. The van der Waals surface area contributed by atoms with Crippen molar-refractivity contribution in [3.63, 3.8) is 0 Å². The van der Waals surface area contributed by atoms with Crippen molar-refractivity contribution >= 4 is 23.4 Å². The Balaban J connectivity index is 2.02. The van der Waals surface area contributed by atoms with Crippen LogP contribution in [-0.4, -0.2) is 21.4 Å². The summed E-state index contributed by atoms with van der Waals surface area (Å²) < 4.78 is 0. The zero-order valence-corrected chi connectivity index (χ0v) is 8.90. The van der Waals surface area contributed by atoms with E-state index in [0.29, 0.717) is 5.82 Å². The van der Waals surface area contributed by atoms with Gasteiger partial charge in [-0.25, -0.2) is 4.98 Å². The molecule has 0 bridgehead atoms.